The Labute approximate surface area is 151 Å². The summed E-state index contributed by atoms with van der Waals surface area (Å²) in [4.78, 5) is 19.7. The maximum atomic E-state index is 12.8. The molecule has 6 heteroatoms. The summed E-state index contributed by atoms with van der Waals surface area (Å²) in [6, 6.07) is 0. The zero-order valence-corrected chi connectivity index (χ0v) is 15.8. The molecule has 3 heterocycles. The van der Waals surface area contributed by atoms with E-state index in [0.717, 1.165) is 78.5 Å². The first-order valence-electron chi connectivity index (χ1n) is 9.89. The highest BCUT2D eigenvalue weighted by Gasteiger charge is 2.59. The van der Waals surface area contributed by atoms with Crippen LogP contribution >= 0.6 is 0 Å². The molecule has 0 bridgehead atoms. The lowest BCUT2D eigenvalue weighted by Gasteiger charge is -2.43. The average molecular weight is 351 g/mol. The lowest BCUT2D eigenvalue weighted by molar-refractivity contribution is -0.137. The summed E-state index contributed by atoms with van der Waals surface area (Å²) in [5.74, 6) is 1.70. The predicted octanol–water partition coefficient (Wildman–Crippen LogP) is 0.381. The summed E-state index contributed by atoms with van der Waals surface area (Å²) in [5, 5.41) is 0. The van der Waals surface area contributed by atoms with Gasteiger partial charge >= 0.3 is 0 Å². The fourth-order valence-corrected chi connectivity index (χ4v) is 4.93. The highest BCUT2D eigenvalue weighted by atomic mass is 16.5. The van der Waals surface area contributed by atoms with Crippen LogP contribution in [-0.4, -0.2) is 100 Å². The Morgan fingerprint density at radius 3 is 2.52 bits per heavy atom. The minimum Gasteiger partial charge on any atom is -0.381 e. The van der Waals surface area contributed by atoms with Crippen molar-refractivity contribution in [2.45, 2.75) is 12.8 Å². The van der Waals surface area contributed by atoms with Gasteiger partial charge < -0.3 is 19.3 Å². The van der Waals surface area contributed by atoms with Crippen molar-refractivity contribution >= 4 is 5.91 Å². The molecule has 1 unspecified atom stereocenters. The molecule has 3 atom stereocenters. The van der Waals surface area contributed by atoms with Gasteiger partial charge in [-0.25, -0.2) is 0 Å². The van der Waals surface area contributed by atoms with E-state index in [2.05, 4.69) is 28.8 Å². The number of nitrogens with zero attached hydrogens (tertiary/aromatic N) is 3. The summed E-state index contributed by atoms with van der Waals surface area (Å²) < 4.78 is 11.4. The summed E-state index contributed by atoms with van der Waals surface area (Å²) in [7, 11) is 4.26. The topological polar surface area (TPSA) is 45.2 Å². The van der Waals surface area contributed by atoms with Crippen molar-refractivity contribution in [2.24, 2.45) is 23.2 Å². The summed E-state index contributed by atoms with van der Waals surface area (Å²) >= 11 is 0. The minimum atomic E-state index is 0.238. The van der Waals surface area contributed by atoms with Crippen molar-refractivity contribution in [1.82, 2.24) is 14.7 Å². The molecule has 1 amide bonds. The van der Waals surface area contributed by atoms with Gasteiger partial charge in [0.15, 0.2) is 0 Å². The van der Waals surface area contributed by atoms with Gasteiger partial charge in [-0.2, -0.15) is 0 Å². The Morgan fingerprint density at radius 1 is 1.12 bits per heavy atom. The molecule has 4 aliphatic rings. The lowest BCUT2D eigenvalue weighted by atomic mass is 9.78. The number of hydrogen-bond acceptors (Lipinski definition) is 5. The van der Waals surface area contributed by atoms with E-state index in [1.807, 2.05) is 0 Å². The standard InChI is InChI=1S/C19H33N3O3/c1-20(2)7-8-21-9-10-24-14-19(13-21)3-5-22(6-4-19)18(23)17-15-11-25-12-16(15)17/h15-17H,3-14H2,1-2H3/t15-,16+,17?. The number of carbonyl (C=O) groups excluding carboxylic acids is 1. The third-order valence-electron chi connectivity index (χ3n) is 6.76. The monoisotopic (exact) mass is 351 g/mol. The van der Waals surface area contributed by atoms with Crippen molar-refractivity contribution in [3.05, 3.63) is 0 Å². The van der Waals surface area contributed by atoms with Crippen LogP contribution in [0.15, 0.2) is 0 Å². The van der Waals surface area contributed by atoms with Gasteiger partial charge in [-0.3, -0.25) is 9.69 Å². The fraction of sp³-hybridized carbons (Fsp3) is 0.947. The van der Waals surface area contributed by atoms with Gasteiger partial charge in [-0.15, -0.1) is 0 Å². The molecule has 1 saturated carbocycles. The zero-order chi connectivity index (χ0) is 17.4. The molecule has 0 aromatic rings. The number of carbonyl (C=O) groups is 1. The van der Waals surface area contributed by atoms with Crippen LogP contribution in [0.2, 0.25) is 0 Å². The molecular formula is C19H33N3O3. The van der Waals surface area contributed by atoms with Crippen LogP contribution in [0.3, 0.4) is 0 Å². The van der Waals surface area contributed by atoms with E-state index in [9.17, 15) is 4.79 Å². The first-order valence-corrected chi connectivity index (χ1v) is 9.89. The van der Waals surface area contributed by atoms with Crippen LogP contribution in [0.1, 0.15) is 12.8 Å². The van der Waals surface area contributed by atoms with Gasteiger partial charge in [0.1, 0.15) is 0 Å². The Balaban J connectivity index is 1.31. The molecule has 4 rings (SSSR count). The van der Waals surface area contributed by atoms with E-state index in [4.69, 9.17) is 9.47 Å². The van der Waals surface area contributed by atoms with Crippen molar-refractivity contribution in [3.8, 4) is 0 Å². The summed E-state index contributed by atoms with van der Waals surface area (Å²) in [5.41, 5.74) is 0.238. The number of likely N-dealkylation sites (tertiary alicyclic amines) is 1. The number of likely N-dealkylation sites (N-methyl/N-ethyl adjacent to an activating group) is 1. The Kier molecular flexibility index (Phi) is 5.06. The van der Waals surface area contributed by atoms with Gasteiger partial charge in [0.25, 0.3) is 0 Å². The molecular weight excluding hydrogens is 318 g/mol. The summed E-state index contributed by atoms with van der Waals surface area (Å²) in [6.45, 7) is 9.44. The molecule has 0 N–H and O–H groups in total. The van der Waals surface area contributed by atoms with E-state index in [-0.39, 0.29) is 11.3 Å². The van der Waals surface area contributed by atoms with Gasteiger partial charge in [-0.05, 0) is 38.8 Å². The van der Waals surface area contributed by atoms with E-state index in [1.54, 1.807) is 0 Å². The van der Waals surface area contributed by atoms with E-state index >= 15 is 0 Å². The number of ether oxygens (including phenoxy) is 2. The van der Waals surface area contributed by atoms with Gasteiger partial charge in [0.2, 0.25) is 5.91 Å². The number of piperidine rings is 1. The van der Waals surface area contributed by atoms with Gasteiger partial charge in [-0.1, -0.05) is 0 Å². The Hall–Kier alpha value is -0.690. The maximum absolute atomic E-state index is 12.8. The van der Waals surface area contributed by atoms with Gasteiger partial charge in [0, 0.05) is 50.6 Å². The van der Waals surface area contributed by atoms with Gasteiger partial charge in [0.05, 0.1) is 26.4 Å². The molecule has 25 heavy (non-hydrogen) atoms. The second kappa shape index (κ2) is 7.14. The molecule has 142 valence electrons. The average Bonchev–Trinajstić information content (AvgIpc) is 3.16. The zero-order valence-electron chi connectivity index (χ0n) is 15.8. The van der Waals surface area contributed by atoms with Crippen molar-refractivity contribution in [2.75, 3.05) is 79.8 Å². The predicted molar refractivity (Wildman–Crippen MR) is 95.3 cm³/mol. The molecule has 4 fully saturated rings. The maximum Gasteiger partial charge on any atom is 0.226 e. The van der Waals surface area contributed by atoms with Crippen LogP contribution in [-0.2, 0) is 14.3 Å². The largest absolute Gasteiger partial charge is 0.381 e. The Bertz CT molecular complexity index is 480. The molecule has 6 nitrogen and oxygen atoms in total. The van der Waals surface area contributed by atoms with Crippen molar-refractivity contribution in [1.29, 1.82) is 0 Å². The molecule has 1 aliphatic carbocycles. The second-order valence-electron chi connectivity index (χ2n) is 8.85. The molecule has 3 aliphatic heterocycles. The van der Waals surface area contributed by atoms with E-state index < -0.39 is 0 Å². The lowest BCUT2D eigenvalue weighted by Crippen LogP contribution is -2.50. The van der Waals surface area contributed by atoms with Crippen molar-refractivity contribution < 1.29 is 14.3 Å². The fourth-order valence-electron chi connectivity index (χ4n) is 4.93. The molecule has 1 spiro atoms. The molecule has 3 saturated heterocycles. The molecule has 0 radical (unpaired) electrons. The second-order valence-corrected chi connectivity index (χ2v) is 8.85. The van der Waals surface area contributed by atoms with E-state index in [0.29, 0.717) is 17.7 Å². The van der Waals surface area contributed by atoms with Crippen LogP contribution < -0.4 is 0 Å². The van der Waals surface area contributed by atoms with Crippen molar-refractivity contribution in [3.63, 3.8) is 0 Å². The van der Waals surface area contributed by atoms with Crippen LogP contribution in [0.4, 0.5) is 0 Å². The third kappa shape index (κ3) is 3.72. The number of fused-ring (bicyclic) bond motifs is 1. The first kappa shape index (κ1) is 17.7. The minimum absolute atomic E-state index is 0.238. The van der Waals surface area contributed by atoms with Crippen LogP contribution in [0.5, 0.6) is 0 Å². The highest BCUT2D eigenvalue weighted by Crippen LogP contribution is 2.52. The summed E-state index contributed by atoms with van der Waals surface area (Å²) in [6.07, 6.45) is 2.16. The quantitative estimate of drug-likeness (QED) is 0.733. The number of hydrogen-bond donors (Lipinski definition) is 0. The Morgan fingerprint density at radius 2 is 1.84 bits per heavy atom. The first-order chi connectivity index (χ1) is 12.1. The number of rotatable bonds is 4. The molecule has 0 aromatic heterocycles. The van der Waals surface area contributed by atoms with E-state index in [1.165, 1.54) is 0 Å². The van der Waals surface area contributed by atoms with Crippen LogP contribution in [0.25, 0.3) is 0 Å². The highest BCUT2D eigenvalue weighted by molar-refractivity contribution is 5.82. The smallest absolute Gasteiger partial charge is 0.226 e. The molecule has 0 aromatic carbocycles. The number of amides is 1. The van der Waals surface area contributed by atoms with Crippen LogP contribution in [0, 0.1) is 23.2 Å². The third-order valence-corrected chi connectivity index (χ3v) is 6.76. The normalized spacial score (nSPS) is 35.0. The SMILES string of the molecule is CN(C)CCN1CCOCC2(CCN(C(=O)C3[C@H]4COC[C@@H]34)CC2)C1.